The molecule has 23 heavy (non-hydrogen) atoms. The Kier molecular flexibility index (Phi) is 3.69. The zero-order chi connectivity index (χ0) is 15.6. The number of H-pyrrole nitrogens is 1. The van der Waals surface area contributed by atoms with E-state index in [2.05, 4.69) is 31.5 Å². The van der Waals surface area contributed by atoms with Gasteiger partial charge in [0, 0.05) is 49.4 Å². The second kappa shape index (κ2) is 5.98. The number of rotatable bonds is 3. The minimum absolute atomic E-state index is 0.220. The maximum atomic E-state index is 9.97. The summed E-state index contributed by atoms with van der Waals surface area (Å²) in [7, 11) is 0. The molecule has 0 aliphatic carbocycles. The summed E-state index contributed by atoms with van der Waals surface area (Å²) < 4.78 is 0. The Labute approximate surface area is 134 Å². The number of phenols is 1. The van der Waals surface area contributed by atoms with Crippen LogP contribution in [0.5, 0.6) is 5.75 Å². The van der Waals surface area contributed by atoms with Crippen molar-refractivity contribution in [1.82, 2.24) is 25.4 Å². The Morgan fingerprint density at radius 1 is 1.09 bits per heavy atom. The van der Waals surface area contributed by atoms with Crippen LogP contribution in [0.3, 0.4) is 0 Å². The quantitative estimate of drug-likeness (QED) is 0.687. The Morgan fingerprint density at radius 2 is 1.91 bits per heavy atom. The number of nitrogens with one attached hydrogen (secondary N) is 2. The number of piperazine rings is 1. The van der Waals surface area contributed by atoms with Crippen molar-refractivity contribution < 1.29 is 5.11 Å². The summed E-state index contributed by atoms with van der Waals surface area (Å²) in [6, 6.07) is 11.3. The van der Waals surface area contributed by atoms with E-state index >= 15 is 0 Å². The van der Waals surface area contributed by atoms with Crippen LogP contribution in [0.4, 0.5) is 0 Å². The summed E-state index contributed by atoms with van der Waals surface area (Å²) in [5.41, 5.74) is 3.31. The third-order valence-corrected chi connectivity index (χ3v) is 4.22. The molecule has 6 nitrogen and oxygen atoms in total. The lowest BCUT2D eigenvalue weighted by Gasteiger charge is -2.26. The number of fused-ring (bicyclic) bond motifs is 1. The van der Waals surface area contributed by atoms with E-state index in [0.717, 1.165) is 49.5 Å². The van der Waals surface area contributed by atoms with Crippen molar-refractivity contribution in [2.24, 2.45) is 0 Å². The first kappa shape index (κ1) is 14.2. The van der Waals surface area contributed by atoms with Gasteiger partial charge < -0.3 is 15.4 Å². The van der Waals surface area contributed by atoms with E-state index in [0.29, 0.717) is 11.3 Å². The molecule has 0 radical (unpaired) electrons. The normalized spacial score (nSPS) is 16.0. The van der Waals surface area contributed by atoms with Gasteiger partial charge in [-0.1, -0.05) is 12.1 Å². The molecule has 3 heterocycles. The first-order valence-corrected chi connectivity index (χ1v) is 7.86. The van der Waals surface area contributed by atoms with Crippen molar-refractivity contribution in [2.75, 3.05) is 26.2 Å². The van der Waals surface area contributed by atoms with Gasteiger partial charge >= 0.3 is 0 Å². The number of aromatic nitrogens is 3. The van der Waals surface area contributed by atoms with Gasteiger partial charge in [0.05, 0.1) is 5.69 Å². The van der Waals surface area contributed by atoms with E-state index in [9.17, 15) is 5.11 Å². The van der Waals surface area contributed by atoms with E-state index in [1.807, 2.05) is 18.2 Å². The highest BCUT2D eigenvalue weighted by Gasteiger charge is 2.13. The van der Waals surface area contributed by atoms with E-state index < -0.39 is 0 Å². The zero-order valence-electron chi connectivity index (χ0n) is 12.8. The van der Waals surface area contributed by atoms with Gasteiger partial charge in [0.2, 0.25) is 0 Å². The highest BCUT2D eigenvalue weighted by atomic mass is 16.3. The molecule has 0 amide bonds. The van der Waals surface area contributed by atoms with Crippen LogP contribution in [0.15, 0.2) is 36.4 Å². The number of hydrogen-bond donors (Lipinski definition) is 3. The monoisotopic (exact) mass is 309 g/mol. The maximum absolute atomic E-state index is 9.97. The lowest BCUT2D eigenvalue weighted by molar-refractivity contribution is 0.231. The average molecular weight is 309 g/mol. The molecule has 1 fully saturated rings. The predicted octanol–water partition coefficient (Wildman–Crippen LogP) is 1.74. The highest BCUT2D eigenvalue weighted by molar-refractivity contribution is 5.81. The van der Waals surface area contributed by atoms with E-state index in [-0.39, 0.29) is 5.75 Å². The summed E-state index contributed by atoms with van der Waals surface area (Å²) in [5, 5.41) is 22.8. The van der Waals surface area contributed by atoms with Crippen LogP contribution in [0.1, 0.15) is 5.69 Å². The minimum Gasteiger partial charge on any atom is -0.507 e. The number of aromatic hydroxyl groups is 1. The number of benzene rings is 1. The first-order chi connectivity index (χ1) is 11.3. The van der Waals surface area contributed by atoms with Crippen molar-refractivity contribution in [3.05, 3.63) is 42.1 Å². The van der Waals surface area contributed by atoms with Crippen molar-refractivity contribution in [1.29, 1.82) is 0 Å². The standard InChI is InChI=1S/C17H19N5O/c23-16-4-2-1-3-14(16)15-10-12-9-13(19-17(12)21-20-15)11-22-7-5-18-6-8-22/h1-4,9-10,18,23H,5-8,11H2,(H,19,21). The van der Waals surface area contributed by atoms with Gasteiger partial charge in [-0.25, -0.2) is 0 Å². The summed E-state index contributed by atoms with van der Waals surface area (Å²) >= 11 is 0. The van der Waals surface area contributed by atoms with E-state index in [1.54, 1.807) is 12.1 Å². The predicted molar refractivity (Wildman–Crippen MR) is 89.1 cm³/mol. The van der Waals surface area contributed by atoms with Gasteiger partial charge in [0.25, 0.3) is 0 Å². The molecule has 1 aromatic carbocycles. The lowest BCUT2D eigenvalue weighted by Crippen LogP contribution is -2.42. The molecule has 0 unspecified atom stereocenters. The zero-order valence-corrected chi connectivity index (χ0v) is 12.8. The second-order valence-electron chi connectivity index (χ2n) is 5.87. The molecule has 3 N–H and O–H groups in total. The van der Waals surface area contributed by atoms with E-state index in [4.69, 9.17) is 0 Å². The molecule has 3 aromatic rings. The molecule has 0 bridgehead atoms. The lowest BCUT2D eigenvalue weighted by atomic mass is 10.1. The molecule has 6 heteroatoms. The minimum atomic E-state index is 0.220. The highest BCUT2D eigenvalue weighted by Crippen LogP contribution is 2.28. The summed E-state index contributed by atoms with van der Waals surface area (Å²) in [5.74, 6) is 0.220. The van der Waals surface area contributed by atoms with E-state index in [1.165, 1.54) is 0 Å². The van der Waals surface area contributed by atoms with Crippen LogP contribution < -0.4 is 5.32 Å². The number of para-hydroxylation sites is 1. The Balaban J connectivity index is 1.63. The fourth-order valence-corrected chi connectivity index (χ4v) is 3.01. The number of nitrogens with zero attached hydrogens (tertiary/aromatic N) is 3. The fraction of sp³-hybridized carbons (Fsp3) is 0.294. The van der Waals surface area contributed by atoms with Gasteiger partial charge in [0.1, 0.15) is 5.75 Å². The van der Waals surface area contributed by atoms with Gasteiger partial charge in [0.15, 0.2) is 5.65 Å². The SMILES string of the molecule is Oc1ccccc1-c1cc2cc(CN3CCNCC3)[nH]c2nn1. The topological polar surface area (TPSA) is 77.1 Å². The number of aromatic amines is 1. The summed E-state index contributed by atoms with van der Waals surface area (Å²) in [6.45, 7) is 5.09. The molecule has 0 spiro atoms. The van der Waals surface area contributed by atoms with Crippen LogP contribution >= 0.6 is 0 Å². The smallest absolute Gasteiger partial charge is 0.160 e. The first-order valence-electron chi connectivity index (χ1n) is 7.86. The number of phenolic OH excluding ortho intramolecular Hbond substituents is 1. The van der Waals surface area contributed by atoms with Gasteiger partial charge in [-0.05, 0) is 24.3 Å². The molecule has 0 atom stereocenters. The molecule has 118 valence electrons. The molecule has 2 aromatic heterocycles. The third-order valence-electron chi connectivity index (χ3n) is 4.22. The van der Waals surface area contributed by atoms with Crippen molar-refractivity contribution in [2.45, 2.75) is 6.54 Å². The van der Waals surface area contributed by atoms with Gasteiger partial charge in [-0.2, -0.15) is 0 Å². The Hall–Kier alpha value is -2.44. The third kappa shape index (κ3) is 2.91. The largest absolute Gasteiger partial charge is 0.507 e. The maximum Gasteiger partial charge on any atom is 0.160 e. The van der Waals surface area contributed by atoms with Crippen LogP contribution in [-0.4, -0.2) is 51.4 Å². The van der Waals surface area contributed by atoms with Crippen molar-refractivity contribution in [3.63, 3.8) is 0 Å². The summed E-state index contributed by atoms with van der Waals surface area (Å²) in [6.07, 6.45) is 0. The molecule has 4 rings (SSSR count). The molecule has 1 saturated heterocycles. The van der Waals surface area contributed by atoms with Crippen LogP contribution in [0.25, 0.3) is 22.3 Å². The molecular formula is C17H19N5O. The summed E-state index contributed by atoms with van der Waals surface area (Å²) in [4.78, 5) is 5.75. The Morgan fingerprint density at radius 3 is 2.74 bits per heavy atom. The molecule has 1 aliphatic heterocycles. The van der Waals surface area contributed by atoms with Crippen LogP contribution in [-0.2, 0) is 6.54 Å². The van der Waals surface area contributed by atoms with Gasteiger partial charge in [-0.15, -0.1) is 10.2 Å². The Bertz CT molecular complexity index is 823. The second-order valence-corrected chi connectivity index (χ2v) is 5.87. The molecular weight excluding hydrogens is 290 g/mol. The van der Waals surface area contributed by atoms with Crippen molar-refractivity contribution in [3.8, 4) is 17.0 Å². The fourth-order valence-electron chi connectivity index (χ4n) is 3.01. The van der Waals surface area contributed by atoms with Crippen LogP contribution in [0.2, 0.25) is 0 Å². The van der Waals surface area contributed by atoms with Crippen LogP contribution in [0, 0.1) is 0 Å². The molecule has 0 saturated carbocycles. The average Bonchev–Trinajstić information content (AvgIpc) is 2.97. The van der Waals surface area contributed by atoms with Gasteiger partial charge in [-0.3, -0.25) is 4.90 Å². The number of hydrogen-bond acceptors (Lipinski definition) is 5. The molecule has 1 aliphatic rings. The van der Waals surface area contributed by atoms with Crippen molar-refractivity contribution >= 4 is 11.0 Å².